The third-order valence-electron chi connectivity index (χ3n) is 4.59. The molecule has 0 unspecified atom stereocenters. The van der Waals surface area contributed by atoms with Crippen molar-refractivity contribution in [1.29, 1.82) is 0 Å². The summed E-state index contributed by atoms with van der Waals surface area (Å²) in [6.07, 6.45) is 0.105. The Labute approximate surface area is 163 Å². The molecule has 1 heterocycles. The number of fused-ring (bicyclic) bond motifs is 1. The van der Waals surface area contributed by atoms with E-state index in [1.54, 1.807) is 34.5 Å². The zero-order valence-corrected chi connectivity index (χ0v) is 16.5. The third-order valence-corrected chi connectivity index (χ3v) is 4.59. The number of esters is 1. The van der Waals surface area contributed by atoms with Crippen LogP contribution >= 0.6 is 0 Å². The summed E-state index contributed by atoms with van der Waals surface area (Å²) in [4.78, 5) is 15.3. The molecule has 7 nitrogen and oxygen atoms in total. The van der Waals surface area contributed by atoms with Crippen LogP contribution in [-0.2, 0) is 16.0 Å². The van der Waals surface area contributed by atoms with Crippen molar-refractivity contribution in [2.45, 2.75) is 6.42 Å². The molecule has 0 saturated carbocycles. The quantitative estimate of drug-likeness (QED) is 0.626. The minimum Gasteiger partial charge on any atom is -0.493 e. The molecule has 0 fully saturated rings. The van der Waals surface area contributed by atoms with Gasteiger partial charge in [0.1, 0.15) is 0 Å². The summed E-state index contributed by atoms with van der Waals surface area (Å²) < 4.78 is 26.4. The lowest BCUT2D eigenvalue weighted by Gasteiger charge is -2.14. The summed E-state index contributed by atoms with van der Waals surface area (Å²) in [5.41, 5.74) is 3.28. The van der Waals surface area contributed by atoms with Gasteiger partial charge in [-0.3, -0.25) is 4.79 Å². The zero-order valence-electron chi connectivity index (χ0n) is 16.5. The van der Waals surface area contributed by atoms with Crippen molar-refractivity contribution in [2.75, 3.05) is 35.5 Å². The molecule has 3 rings (SSSR count). The van der Waals surface area contributed by atoms with Crippen LogP contribution in [-0.4, -0.2) is 46.5 Å². The van der Waals surface area contributed by atoms with Gasteiger partial charge in [0.15, 0.2) is 23.0 Å². The van der Waals surface area contributed by atoms with Crippen molar-refractivity contribution in [3.8, 4) is 34.3 Å². The Morgan fingerprint density at radius 3 is 1.96 bits per heavy atom. The van der Waals surface area contributed by atoms with Gasteiger partial charge in [0, 0.05) is 28.2 Å². The number of rotatable bonds is 7. The molecule has 148 valence electrons. The topological polar surface area (TPSA) is 79.0 Å². The second-order valence-electron chi connectivity index (χ2n) is 6.09. The number of ether oxygens (including phenoxy) is 5. The number of hydrogen-bond acceptors (Lipinski definition) is 6. The van der Waals surface area contributed by atoms with E-state index in [1.165, 1.54) is 7.11 Å². The molecule has 2 aromatic carbocycles. The van der Waals surface area contributed by atoms with Gasteiger partial charge < -0.3 is 28.7 Å². The first-order valence-electron chi connectivity index (χ1n) is 8.61. The van der Waals surface area contributed by atoms with Crippen LogP contribution in [0.25, 0.3) is 22.2 Å². The Morgan fingerprint density at radius 1 is 0.786 bits per heavy atom. The SMILES string of the molecule is COC(=O)Cc1cc(OC)c(OC)cc1-c1cc2cc(OC)c(OC)cc2[nH]1. The fraction of sp³-hybridized carbons (Fsp3) is 0.286. The van der Waals surface area contributed by atoms with Crippen molar-refractivity contribution in [1.82, 2.24) is 4.98 Å². The Balaban J connectivity index is 2.19. The van der Waals surface area contributed by atoms with E-state index in [0.29, 0.717) is 23.0 Å². The van der Waals surface area contributed by atoms with E-state index in [2.05, 4.69) is 4.98 Å². The zero-order chi connectivity index (χ0) is 20.3. The molecule has 0 aliphatic carbocycles. The Hall–Kier alpha value is -3.35. The van der Waals surface area contributed by atoms with Gasteiger partial charge in [-0.2, -0.15) is 0 Å². The lowest BCUT2D eigenvalue weighted by molar-refractivity contribution is -0.139. The maximum Gasteiger partial charge on any atom is 0.310 e. The van der Waals surface area contributed by atoms with Crippen LogP contribution in [0.2, 0.25) is 0 Å². The molecule has 1 N–H and O–H groups in total. The predicted molar refractivity (Wildman–Crippen MR) is 106 cm³/mol. The van der Waals surface area contributed by atoms with E-state index in [9.17, 15) is 4.79 Å². The van der Waals surface area contributed by atoms with Crippen molar-refractivity contribution >= 4 is 16.9 Å². The van der Waals surface area contributed by atoms with Gasteiger partial charge in [-0.25, -0.2) is 0 Å². The molecule has 0 bridgehead atoms. The Kier molecular flexibility index (Phi) is 5.63. The number of H-pyrrole nitrogens is 1. The standard InChI is InChI=1S/C21H23NO6/c1-24-17-7-12(9-21(23)28-5)14(10-19(17)26-3)16-6-13-8-18(25-2)20(27-4)11-15(13)22-16/h6-8,10-11,22H,9H2,1-5H3. The number of nitrogens with one attached hydrogen (secondary N) is 1. The number of aromatic nitrogens is 1. The van der Waals surface area contributed by atoms with Crippen LogP contribution in [0.5, 0.6) is 23.0 Å². The Bertz CT molecular complexity index is 967. The molecule has 0 spiro atoms. The number of benzene rings is 2. The summed E-state index contributed by atoms with van der Waals surface area (Å²) in [5, 5.41) is 0.950. The second kappa shape index (κ2) is 8.12. The van der Waals surface area contributed by atoms with Crippen molar-refractivity contribution in [2.24, 2.45) is 0 Å². The molecule has 0 atom stereocenters. The highest BCUT2D eigenvalue weighted by atomic mass is 16.5. The van der Waals surface area contributed by atoms with Gasteiger partial charge in [0.05, 0.1) is 42.0 Å². The summed E-state index contributed by atoms with van der Waals surface area (Å²) in [6, 6.07) is 9.39. The summed E-state index contributed by atoms with van der Waals surface area (Å²) in [5.74, 6) is 2.05. The maximum absolute atomic E-state index is 11.9. The van der Waals surface area contributed by atoms with E-state index in [-0.39, 0.29) is 12.4 Å². The molecule has 28 heavy (non-hydrogen) atoms. The van der Waals surface area contributed by atoms with Gasteiger partial charge >= 0.3 is 5.97 Å². The van der Waals surface area contributed by atoms with Gasteiger partial charge in [-0.1, -0.05) is 0 Å². The summed E-state index contributed by atoms with van der Waals surface area (Å²) in [6.45, 7) is 0. The van der Waals surface area contributed by atoms with Gasteiger partial charge in [-0.05, 0) is 29.8 Å². The van der Waals surface area contributed by atoms with Gasteiger partial charge in [0.25, 0.3) is 0 Å². The molecular weight excluding hydrogens is 362 g/mol. The van der Waals surface area contributed by atoms with Gasteiger partial charge in [-0.15, -0.1) is 0 Å². The van der Waals surface area contributed by atoms with Crippen LogP contribution in [0.15, 0.2) is 30.3 Å². The van der Waals surface area contributed by atoms with Crippen molar-refractivity contribution in [3.63, 3.8) is 0 Å². The lowest BCUT2D eigenvalue weighted by atomic mass is 10.0. The highest BCUT2D eigenvalue weighted by Crippen LogP contribution is 2.39. The second-order valence-corrected chi connectivity index (χ2v) is 6.09. The van der Waals surface area contributed by atoms with Crippen LogP contribution in [0, 0.1) is 0 Å². The van der Waals surface area contributed by atoms with Gasteiger partial charge in [0.2, 0.25) is 0 Å². The van der Waals surface area contributed by atoms with Crippen LogP contribution in [0.4, 0.5) is 0 Å². The first-order valence-corrected chi connectivity index (χ1v) is 8.61. The molecular formula is C21H23NO6. The van der Waals surface area contributed by atoms with E-state index < -0.39 is 0 Å². The number of carbonyl (C=O) groups is 1. The normalized spacial score (nSPS) is 10.6. The Morgan fingerprint density at radius 2 is 1.36 bits per heavy atom. The van der Waals surface area contributed by atoms with E-state index in [1.807, 2.05) is 24.3 Å². The third kappa shape index (κ3) is 3.55. The average Bonchev–Trinajstić information content (AvgIpc) is 3.14. The molecule has 0 aliphatic rings. The fourth-order valence-electron chi connectivity index (χ4n) is 3.15. The number of carbonyl (C=O) groups excluding carboxylic acids is 1. The van der Waals surface area contributed by atoms with E-state index in [4.69, 9.17) is 23.7 Å². The first-order chi connectivity index (χ1) is 13.5. The molecule has 1 aromatic heterocycles. The van der Waals surface area contributed by atoms with E-state index in [0.717, 1.165) is 27.7 Å². The maximum atomic E-state index is 11.9. The largest absolute Gasteiger partial charge is 0.493 e. The molecule has 0 amide bonds. The number of hydrogen-bond donors (Lipinski definition) is 1. The molecule has 0 radical (unpaired) electrons. The van der Waals surface area contributed by atoms with E-state index >= 15 is 0 Å². The number of aromatic amines is 1. The smallest absolute Gasteiger partial charge is 0.310 e. The fourth-order valence-corrected chi connectivity index (χ4v) is 3.15. The molecule has 7 heteroatoms. The van der Waals surface area contributed by atoms with Crippen molar-refractivity contribution < 1.29 is 28.5 Å². The highest BCUT2D eigenvalue weighted by molar-refractivity contribution is 5.90. The summed E-state index contributed by atoms with van der Waals surface area (Å²) in [7, 11) is 7.68. The van der Waals surface area contributed by atoms with Crippen molar-refractivity contribution in [3.05, 3.63) is 35.9 Å². The van der Waals surface area contributed by atoms with Crippen LogP contribution in [0.1, 0.15) is 5.56 Å². The molecule has 3 aromatic rings. The molecule has 0 aliphatic heterocycles. The van der Waals surface area contributed by atoms with Crippen LogP contribution < -0.4 is 18.9 Å². The summed E-state index contributed by atoms with van der Waals surface area (Å²) >= 11 is 0. The predicted octanol–water partition coefficient (Wildman–Crippen LogP) is 3.58. The minimum absolute atomic E-state index is 0.105. The minimum atomic E-state index is -0.340. The highest BCUT2D eigenvalue weighted by Gasteiger charge is 2.18. The van der Waals surface area contributed by atoms with Crippen LogP contribution in [0.3, 0.4) is 0 Å². The first kappa shape index (κ1) is 19.4. The average molecular weight is 385 g/mol. The number of methoxy groups -OCH3 is 5. The lowest BCUT2D eigenvalue weighted by Crippen LogP contribution is -2.06. The molecule has 0 saturated heterocycles. The monoisotopic (exact) mass is 385 g/mol.